The summed E-state index contributed by atoms with van der Waals surface area (Å²) in [5.74, 6) is -0.855. The highest BCUT2D eigenvalue weighted by Crippen LogP contribution is 2.38. The minimum atomic E-state index is -4.41. The van der Waals surface area contributed by atoms with Crippen LogP contribution in [0.2, 0.25) is 0 Å². The predicted molar refractivity (Wildman–Crippen MR) is 131 cm³/mol. The van der Waals surface area contributed by atoms with Crippen molar-refractivity contribution in [1.29, 1.82) is 0 Å². The van der Waals surface area contributed by atoms with E-state index in [9.17, 15) is 18.0 Å². The molecule has 4 N–H and O–H groups in total. The summed E-state index contributed by atoms with van der Waals surface area (Å²) in [6.45, 7) is 2.30. The number of rotatable bonds is 9. The van der Waals surface area contributed by atoms with Gasteiger partial charge in [-0.3, -0.25) is 4.79 Å². The van der Waals surface area contributed by atoms with Gasteiger partial charge >= 0.3 is 6.18 Å². The van der Waals surface area contributed by atoms with E-state index in [1.165, 1.54) is 12.1 Å². The van der Waals surface area contributed by atoms with Crippen LogP contribution >= 0.6 is 0 Å². The Morgan fingerprint density at radius 2 is 1.68 bits per heavy atom. The van der Waals surface area contributed by atoms with E-state index < -0.39 is 17.7 Å². The Labute approximate surface area is 198 Å². The second kappa shape index (κ2) is 11.2. The quantitative estimate of drug-likeness (QED) is 0.342. The molecule has 0 aliphatic heterocycles. The molecule has 34 heavy (non-hydrogen) atoms. The van der Waals surface area contributed by atoms with E-state index in [4.69, 9.17) is 5.73 Å². The van der Waals surface area contributed by atoms with Crippen LogP contribution in [0.5, 0.6) is 0 Å². The van der Waals surface area contributed by atoms with Crippen molar-refractivity contribution < 1.29 is 18.0 Å². The number of nitrogens with one attached hydrogen (secondary N) is 2. The van der Waals surface area contributed by atoms with Gasteiger partial charge in [0.15, 0.2) is 0 Å². The SMILES string of the molecule is CCC(c1cccc(C(F)(F)F)c1)c1cc(NC(=O)C(CCN)c2ccccc2)ccc1NC. The van der Waals surface area contributed by atoms with Crippen molar-refractivity contribution in [2.75, 3.05) is 24.2 Å². The first-order valence-corrected chi connectivity index (χ1v) is 11.3. The van der Waals surface area contributed by atoms with Gasteiger partial charge in [0.25, 0.3) is 0 Å². The highest BCUT2D eigenvalue weighted by Gasteiger charge is 2.31. The summed E-state index contributed by atoms with van der Waals surface area (Å²) in [6, 6.07) is 20.3. The zero-order valence-electron chi connectivity index (χ0n) is 19.3. The number of amides is 1. The lowest BCUT2D eigenvalue weighted by molar-refractivity contribution is -0.137. The number of anilines is 2. The van der Waals surface area contributed by atoms with E-state index >= 15 is 0 Å². The molecule has 0 aliphatic carbocycles. The molecule has 0 fully saturated rings. The van der Waals surface area contributed by atoms with Gasteiger partial charge in [0.2, 0.25) is 5.91 Å². The normalized spacial score (nSPS) is 13.2. The predicted octanol–water partition coefficient (Wildman–Crippen LogP) is 6.36. The van der Waals surface area contributed by atoms with Crippen LogP contribution in [0.3, 0.4) is 0 Å². The number of alkyl halides is 3. The molecule has 0 saturated carbocycles. The van der Waals surface area contributed by atoms with Crippen molar-refractivity contribution in [2.24, 2.45) is 5.73 Å². The number of hydrogen-bond acceptors (Lipinski definition) is 3. The zero-order valence-corrected chi connectivity index (χ0v) is 19.3. The van der Waals surface area contributed by atoms with Crippen LogP contribution in [0.4, 0.5) is 24.5 Å². The molecule has 2 atom stereocenters. The van der Waals surface area contributed by atoms with Crippen LogP contribution in [0.25, 0.3) is 0 Å². The third kappa shape index (κ3) is 5.97. The average Bonchev–Trinajstić information content (AvgIpc) is 2.83. The fourth-order valence-electron chi connectivity index (χ4n) is 4.25. The third-order valence-corrected chi connectivity index (χ3v) is 5.96. The first kappa shape index (κ1) is 25.3. The van der Waals surface area contributed by atoms with Crippen LogP contribution in [0.1, 0.15) is 53.9 Å². The summed E-state index contributed by atoms with van der Waals surface area (Å²) in [5.41, 5.74) is 8.73. The summed E-state index contributed by atoms with van der Waals surface area (Å²) in [5, 5.41) is 6.10. The lowest BCUT2D eigenvalue weighted by atomic mass is 9.86. The van der Waals surface area contributed by atoms with Gasteiger partial charge in [-0.05, 0) is 60.3 Å². The largest absolute Gasteiger partial charge is 0.416 e. The highest BCUT2D eigenvalue weighted by atomic mass is 19.4. The molecule has 0 aromatic heterocycles. The first-order valence-electron chi connectivity index (χ1n) is 11.3. The van der Waals surface area contributed by atoms with Gasteiger partial charge < -0.3 is 16.4 Å². The Morgan fingerprint density at radius 3 is 2.29 bits per heavy atom. The average molecular weight is 470 g/mol. The number of halogens is 3. The minimum absolute atomic E-state index is 0.174. The van der Waals surface area contributed by atoms with Crippen LogP contribution in [0, 0.1) is 0 Å². The van der Waals surface area contributed by atoms with E-state index in [-0.39, 0.29) is 11.8 Å². The van der Waals surface area contributed by atoms with Crippen molar-refractivity contribution in [2.45, 2.75) is 37.8 Å². The number of nitrogens with two attached hydrogens (primary N) is 1. The second-order valence-corrected chi connectivity index (χ2v) is 8.17. The lowest BCUT2D eigenvalue weighted by Crippen LogP contribution is -2.23. The number of carbonyl (C=O) groups is 1. The summed E-state index contributed by atoms with van der Waals surface area (Å²) in [7, 11) is 1.77. The molecule has 3 aromatic rings. The summed E-state index contributed by atoms with van der Waals surface area (Å²) in [4.78, 5) is 13.1. The van der Waals surface area contributed by atoms with Crippen LogP contribution in [0.15, 0.2) is 72.8 Å². The molecule has 0 spiro atoms. The molecule has 1 amide bonds. The molecule has 0 saturated heterocycles. The Bertz CT molecular complexity index is 1100. The van der Waals surface area contributed by atoms with E-state index in [0.717, 1.165) is 22.9 Å². The second-order valence-electron chi connectivity index (χ2n) is 8.17. The Hall–Kier alpha value is -3.32. The maximum Gasteiger partial charge on any atom is 0.416 e. The van der Waals surface area contributed by atoms with Gasteiger partial charge in [-0.15, -0.1) is 0 Å². The van der Waals surface area contributed by atoms with Crippen molar-refractivity contribution in [1.82, 2.24) is 0 Å². The third-order valence-electron chi connectivity index (χ3n) is 5.96. The standard InChI is InChI=1S/C27H30F3N3O/c1-3-22(19-10-7-11-20(16-19)27(28,29)30)24-17-21(12-13-25(24)32-2)33-26(34)23(14-15-31)18-8-5-4-6-9-18/h4-13,16-17,22-23,32H,3,14-15,31H2,1-2H3,(H,33,34). The number of hydrogen-bond donors (Lipinski definition) is 3. The maximum atomic E-state index is 13.3. The van der Waals surface area contributed by atoms with Crippen LogP contribution in [-0.2, 0) is 11.0 Å². The van der Waals surface area contributed by atoms with Gasteiger partial charge in [-0.1, -0.05) is 55.5 Å². The first-order chi connectivity index (χ1) is 16.3. The van der Waals surface area contributed by atoms with Gasteiger partial charge in [0.1, 0.15) is 0 Å². The van der Waals surface area contributed by atoms with Gasteiger partial charge in [-0.2, -0.15) is 13.2 Å². The molecule has 180 valence electrons. The highest BCUT2D eigenvalue weighted by molar-refractivity contribution is 5.96. The van der Waals surface area contributed by atoms with Gasteiger partial charge in [-0.25, -0.2) is 0 Å². The summed E-state index contributed by atoms with van der Waals surface area (Å²) >= 11 is 0. The summed E-state index contributed by atoms with van der Waals surface area (Å²) < 4.78 is 39.9. The molecular formula is C27H30F3N3O. The molecule has 0 bridgehead atoms. The zero-order chi connectivity index (χ0) is 24.7. The fraction of sp³-hybridized carbons (Fsp3) is 0.296. The van der Waals surface area contributed by atoms with E-state index in [2.05, 4.69) is 10.6 Å². The van der Waals surface area contributed by atoms with Crippen molar-refractivity contribution in [3.63, 3.8) is 0 Å². The molecule has 0 radical (unpaired) electrons. The van der Waals surface area contributed by atoms with Crippen LogP contribution in [-0.4, -0.2) is 19.5 Å². The molecule has 7 heteroatoms. The van der Waals surface area contributed by atoms with Crippen LogP contribution < -0.4 is 16.4 Å². The lowest BCUT2D eigenvalue weighted by Gasteiger charge is -2.22. The molecule has 3 aromatic carbocycles. The molecule has 4 nitrogen and oxygen atoms in total. The maximum absolute atomic E-state index is 13.3. The molecule has 0 aliphatic rings. The Kier molecular flexibility index (Phi) is 8.34. The molecular weight excluding hydrogens is 439 g/mol. The Balaban J connectivity index is 1.94. The van der Waals surface area contributed by atoms with Gasteiger partial charge in [0.05, 0.1) is 11.5 Å². The van der Waals surface area contributed by atoms with Crippen molar-refractivity contribution in [3.05, 3.63) is 95.1 Å². The Morgan fingerprint density at radius 1 is 0.971 bits per heavy atom. The van der Waals surface area contributed by atoms with E-state index in [1.54, 1.807) is 19.2 Å². The van der Waals surface area contributed by atoms with Gasteiger partial charge in [0, 0.05) is 24.3 Å². The molecule has 2 unspecified atom stereocenters. The van der Waals surface area contributed by atoms with E-state index in [0.29, 0.717) is 30.6 Å². The summed E-state index contributed by atoms with van der Waals surface area (Å²) in [6.07, 6.45) is -3.32. The fourth-order valence-corrected chi connectivity index (χ4v) is 4.25. The number of benzene rings is 3. The topological polar surface area (TPSA) is 67.2 Å². The smallest absolute Gasteiger partial charge is 0.388 e. The monoisotopic (exact) mass is 469 g/mol. The minimum Gasteiger partial charge on any atom is -0.388 e. The molecule has 3 rings (SSSR count). The van der Waals surface area contributed by atoms with Crippen molar-refractivity contribution >= 4 is 17.3 Å². The number of carbonyl (C=O) groups excluding carboxylic acids is 1. The van der Waals surface area contributed by atoms with E-state index in [1.807, 2.05) is 49.4 Å². The van der Waals surface area contributed by atoms with Crippen molar-refractivity contribution in [3.8, 4) is 0 Å². The molecule has 0 heterocycles.